The molecule has 0 aliphatic carbocycles. The summed E-state index contributed by atoms with van der Waals surface area (Å²) in [5, 5.41) is 0. The molecule has 1 fully saturated rings. The quantitative estimate of drug-likeness (QED) is 0.802. The van der Waals surface area contributed by atoms with E-state index < -0.39 is 18.1 Å². The first kappa shape index (κ1) is 19.2. The first-order valence-electron chi connectivity index (χ1n) is 8.03. The topological polar surface area (TPSA) is 48.0 Å². The number of benzene rings is 1. The van der Waals surface area contributed by atoms with E-state index in [2.05, 4.69) is 4.74 Å². The molecule has 0 bridgehead atoms. The van der Waals surface area contributed by atoms with Crippen molar-refractivity contribution in [2.45, 2.75) is 51.7 Å². The van der Waals surface area contributed by atoms with Crippen molar-refractivity contribution < 1.29 is 32.2 Å². The Morgan fingerprint density at radius 3 is 2.16 bits per heavy atom. The summed E-state index contributed by atoms with van der Waals surface area (Å²) in [6.07, 6.45) is -4.47. The Hall–Kier alpha value is -2.12. The Kier molecular flexibility index (Phi) is 5.69. The second-order valence-electron chi connectivity index (χ2n) is 6.78. The number of hydrogen-bond donors (Lipinski definition) is 0. The largest absolute Gasteiger partial charge is 0.573 e. The Morgan fingerprint density at radius 1 is 1.08 bits per heavy atom. The number of likely N-dealkylation sites (tertiary alicyclic amines) is 1. The minimum atomic E-state index is -4.78. The Bertz CT molecular complexity index is 590. The molecule has 0 atom stereocenters. The van der Waals surface area contributed by atoms with Gasteiger partial charge in [0, 0.05) is 25.9 Å². The van der Waals surface area contributed by atoms with Crippen molar-refractivity contribution in [3.8, 4) is 11.5 Å². The molecule has 1 amide bonds. The zero-order chi connectivity index (χ0) is 18.7. The highest BCUT2D eigenvalue weighted by Gasteiger charge is 2.33. The van der Waals surface area contributed by atoms with E-state index in [1.54, 1.807) is 31.7 Å². The molecule has 0 N–H and O–H groups in total. The first-order valence-corrected chi connectivity index (χ1v) is 8.03. The molecule has 1 heterocycles. The summed E-state index contributed by atoms with van der Waals surface area (Å²) in [7, 11) is 0. The fourth-order valence-corrected chi connectivity index (χ4v) is 2.42. The van der Waals surface area contributed by atoms with E-state index in [1.165, 1.54) is 18.2 Å². The third kappa shape index (κ3) is 6.36. The molecule has 0 saturated carbocycles. The number of rotatable bonds is 3. The van der Waals surface area contributed by atoms with Crippen LogP contribution in [0.3, 0.4) is 0 Å². The molecule has 1 saturated heterocycles. The van der Waals surface area contributed by atoms with Gasteiger partial charge in [-0.1, -0.05) is 12.1 Å². The monoisotopic (exact) mass is 361 g/mol. The van der Waals surface area contributed by atoms with Crippen molar-refractivity contribution in [1.82, 2.24) is 4.90 Å². The highest BCUT2D eigenvalue weighted by molar-refractivity contribution is 5.68. The average molecular weight is 361 g/mol. The molecule has 140 valence electrons. The minimum Gasteiger partial charge on any atom is -0.486 e. The molecular weight excluding hydrogens is 339 g/mol. The molecule has 0 spiro atoms. The van der Waals surface area contributed by atoms with Crippen LogP contribution in [0, 0.1) is 0 Å². The van der Waals surface area contributed by atoms with Crippen LogP contribution in [0.2, 0.25) is 0 Å². The highest BCUT2D eigenvalue weighted by Crippen LogP contribution is 2.33. The van der Waals surface area contributed by atoms with Crippen LogP contribution < -0.4 is 9.47 Å². The summed E-state index contributed by atoms with van der Waals surface area (Å²) in [5.41, 5.74) is -0.571. The molecule has 0 unspecified atom stereocenters. The number of carbonyl (C=O) groups is 1. The molecule has 1 aromatic rings. The van der Waals surface area contributed by atoms with Gasteiger partial charge >= 0.3 is 12.5 Å². The second-order valence-corrected chi connectivity index (χ2v) is 6.78. The van der Waals surface area contributed by atoms with Gasteiger partial charge in [0.2, 0.25) is 0 Å². The number of para-hydroxylation sites is 2. The maximum atomic E-state index is 12.4. The SMILES string of the molecule is CC(C)(C)OC(=O)N1CCC(Oc2ccccc2OC(F)(F)F)CC1. The van der Waals surface area contributed by atoms with Crippen molar-refractivity contribution in [3.63, 3.8) is 0 Å². The minimum absolute atomic E-state index is 0.0375. The average Bonchev–Trinajstić information content (AvgIpc) is 2.47. The lowest BCUT2D eigenvalue weighted by Gasteiger charge is -2.33. The molecule has 0 radical (unpaired) electrons. The lowest BCUT2D eigenvalue weighted by atomic mass is 10.1. The fourth-order valence-electron chi connectivity index (χ4n) is 2.42. The van der Waals surface area contributed by atoms with Gasteiger partial charge in [0.25, 0.3) is 0 Å². The first-order chi connectivity index (χ1) is 11.5. The predicted molar refractivity (Wildman–Crippen MR) is 84.6 cm³/mol. The molecular formula is C17H22F3NO4. The van der Waals surface area contributed by atoms with Gasteiger partial charge in [0.1, 0.15) is 11.7 Å². The standard InChI is InChI=1S/C17H22F3NO4/c1-16(2,3)25-15(22)21-10-8-12(9-11-21)23-13-6-4-5-7-14(13)24-17(18,19)20/h4-7,12H,8-11H2,1-3H3. The zero-order valence-corrected chi connectivity index (χ0v) is 14.4. The summed E-state index contributed by atoms with van der Waals surface area (Å²) in [6.45, 7) is 6.21. The lowest BCUT2D eigenvalue weighted by Crippen LogP contribution is -2.44. The Morgan fingerprint density at radius 2 is 1.64 bits per heavy atom. The molecule has 8 heteroatoms. The summed E-state index contributed by atoms with van der Waals surface area (Å²) in [6, 6.07) is 5.66. The van der Waals surface area contributed by atoms with Gasteiger partial charge in [0.05, 0.1) is 0 Å². The summed E-state index contributed by atoms with van der Waals surface area (Å²) < 4.78 is 52.3. The van der Waals surface area contributed by atoms with Crippen LogP contribution in [-0.2, 0) is 4.74 Å². The van der Waals surface area contributed by atoms with Crippen LogP contribution in [0.5, 0.6) is 11.5 Å². The molecule has 1 aromatic carbocycles. The Balaban J connectivity index is 1.91. The maximum Gasteiger partial charge on any atom is 0.573 e. The Labute approximate surface area is 144 Å². The number of piperidine rings is 1. The van der Waals surface area contributed by atoms with Crippen LogP contribution >= 0.6 is 0 Å². The smallest absolute Gasteiger partial charge is 0.486 e. The van der Waals surface area contributed by atoms with Crippen LogP contribution in [0.4, 0.5) is 18.0 Å². The van der Waals surface area contributed by atoms with Gasteiger partial charge in [0.15, 0.2) is 11.5 Å². The van der Waals surface area contributed by atoms with E-state index in [4.69, 9.17) is 9.47 Å². The van der Waals surface area contributed by atoms with Gasteiger partial charge in [-0.2, -0.15) is 0 Å². The van der Waals surface area contributed by atoms with Crippen molar-refractivity contribution in [3.05, 3.63) is 24.3 Å². The van der Waals surface area contributed by atoms with Crippen molar-refractivity contribution in [2.75, 3.05) is 13.1 Å². The number of amides is 1. The number of hydrogen-bond acceptors (Lipinski definition) is 4. The van der Waals surface area contributed by atoms with Crippen LogP contribution in [-0.4, -0.2) is 42.2 Å². The number of halogens is 3. The van der Waals surface area contributed by atoms with E-state index in [-0.39, 0.29) is 17.6 Å². The number of ether oxygens (including phenoxy) is 3. The van der Waals surface area contributed by atoms with E-state index in [9.17, 15) is 18.0 Å². The number of nitrogens with zero attached hydrogens (tertiary/aromatic N) is 1. The highest BCUT2D eigenvalue weighted by atomic mass is 19.4. The molecule has 1 aliphatic heterocycles. The van der Waals surface area contributed by atoms with Crippen molar-refractivity contribution >= 4 is 6.09 Å². The van der Waals surface area contributed by atoms with Gasteiger partial charge in [-0.15, -0.1) is 13.2 Å². The normalized spacial score (nSPS) is 16.5. The van der Waals surface area contributed by atoms with E-state index in [0.717, 1.165) is 0 Å². The third-order valence-corrected chi connectivity index (χ3v) is 3.46. The van der Waals surface area contributed by atoms with Crippen molar-refractivity contribution in [1.29, 1.82) is 0 Å². The predicted octanol–water partition coefficient (Wildman–Crippen LogP) is 4.36. The lowest BCUT2D eigenvalue weighted by molar-refractivity contribution is -0.275. The van der Waals surface area contributed by atoms with Gasteiger partial charge < -0.3 is 19.1 Å². The van der Waals surface area contributed by atoms with E-state index in [1.807, 2.05) is 0 Å². The summed E-state index contributed by atoms with van der Waals surface area (Å²) >= 11 is 0. The van der Waals surface area contributed by atoms with Crippen LogP contribution in [0.25, 0.3) is 0 Å². The second kappa shape index (κ2) is 7.41. The molecule has 5 nitrogen and oxygen atoms in total. The summed E-state index contributed by atoms with van der Waals surface area (Å²) in [5.74, 6) is -0.333. The summed E-state index contributed by atoms with van der Waals surface area (Å²) in [4.78, 5) is 13.6. The number of alkyl halides is 3. The van der Waals surface area contributed by atoms with Crippen molar-refractivity contribution in [2.24, 2.45) is 0 Å². The molecule has 25 heavy (non-hydrogen) atoms. The number of carbonyl (C=O) groups excluding carboxylic acids is 1. The molecule has 1 aliphatic rings. The molecule has 2 rings (SSSR count). The van der Waals surface area contributed by atoms with Crippen LogP contribution in [0.15, 0.2) is 24.3 Å². The maximum absolute atomic E-state index is 12.4. The molecule has 0 aromatic heterocycles. The van der Waals surface area contributed by atoms with E-state index in [0.29, 0.717) is 25.9 Å². The fraction of sp³-hybridized carbons (Fsp3) is 0.588. The van der Waals surface area contributed by atoms with Crippen LogP contribution in [0.1, 0.15) is 33.6 Å². The van der Waals surface area contributed by atoms with Gasteiger partial charge in [-0.05, 0) is 32.9 Å². The van der Waals surface area contributed by atoms with E-state index >= 15 is 0 Å². The van der Waals surface area contributed by atoms with Gasteiger partial charge in [-0.3, -0.25) is 0 Å². The van der Waals surface area contributed by atoms with Gasteiger partial charge in [-0.25, -0.2) is 4.79 Å². The zero-order valence-electron chi connectivity index (χ0n) is 14.4. The third-order valence-electron chi connectivity index (χ3n) is 3.46.